The number of carbonyl (C=O) groups is 1. The van der Waals surface area contributed by atoms with Gasteiger partial charge >= 0.3 is 5.97 Å². The maximum Gasteiger partial charge on any atom is 0.311 e. The summed E-state index contributed by atoms with van der Waals surface area (Å²) in [6.45, 7) is 4.59. The van der Waals surface area contributed by atoms with Crippen molar-refractivity contribution in [2.75, 3.05) is 33.9 Å². The third-order valence-electron chi connectivity index (χ3n) is 7.23. The zero-order valence-electron chi connectivity index (χ0n) is 24.6. The molecule has 2 rings (SSSR count). The van der Waals surface area contributed by atoms with E-state index in [-0.39, 0.29) is 12.6 Å². The molecule has 0 heterocycles. The van der Waals surface area contributed by atoms with Crippen molar-refractivity contribution < 1.29 is 18.8 Å². The number of unbranched alkanes of at least 4 members (excludes halogenated alkanes) is 11. The van der Waals surface area contributed by atoms with Crippen LogP contribution in [0.3, 0.4) is 0 Å². The molecule has 0 atom stereocenters. The lowest BCUT2D eigenvalue weighted by atomic mass is 10.0. The number of quaternary nitrogens is 1. The van der Waals surface area contributed by atoms with Crippen LogP contribution in [0, 0.1) is 0 Å². The molecule has 2 aromatic carbocycles. The van der Waals surface area contributed by atoms with Gasteiger partial charge in [0, 0.05) is 5.56 Å². The minimum atomic E-state index is -0.161. The smallest absolute Gasteiger partial charge is 0.311 e. The van der Waals surface area contributed by atoms with E-state index < -0.39 is 0 Å². The molecule has 0 bridgehead atoms. The van der Waals surface area contributed by atoms with Crippen LogP contribution in [-0.2, 0) is 22.5 Å². The van der Waals surface area contributed by atoms with E-state index in [1.54, 1.807) is 0 Å². The van der Waals surface area contributed by atoms with E-state index in [2.05, 4.69) is 57.4 Å². The van der Waals surface area contributed by atoms with Crippen LogP contribution >= 0.6 is 0 Å². The Morgan fingerprint density at radius 3 is 1.87 bits per heavy atom. The average Bonchev–Trinajstić information content (AvgIpc) is 2.92. The highest BCUT2D eigenvalue weighted by Crippen LogP contribution is 2.16. The van der Waals surface area contributed by atoms with Crippen molar-refractivity contribution in [1.82, 2.24) is 0 Å². The molecular weight excluding hydrogens is 470 g/mol. The van der Waals surface area contributed by atoms with Crippen LogP contribution in [0.2, 0.25) is 0 Å². The topological polar surface area (TPSA) is 35.5 Å². The molecule has 0 unspecified atom stereocenters. The molecule has 4 nitrogen and oxygen atoms in total. The van der Waals surface area contributed by atoms with Gasteiger partial charge in [0.05, 0.1) is 27.1 Å². The monoisotopic (exact) mass is 524 g/mol. The van der Waals surface area contributed by atoms with Gasteiger partial charge in [0.2, 0.25) is 0 Å². The Labute approximate surface area is 233 Å². The molecule has 0 radical (unpaired) electrons. The highest BCUT2D eigenvalue weighted by Gasteiger charge is 2.18. The second kappa shape index (κ2) is 19.7. The van der Waals surface area contributed by atoms with E-state index in [4.69, 9.17) is 9.47 Å². The van der Waals surface area contributed by atoms with E-state index >= 15 is 0 Å². The zero-order valence-corrected chi connectivity index (χ0v) is 24.6. The van der Waals surface area contributed by atoms with Gasteiger partial charge in [0.25, 0.3) is 0 Å². The van der Waals surface area contributed by atoms with Crippen LogP contribution in [0.15, 0.2) is 54.6 Å². The van der Waals surface area contributed by atoms with Crippen molar-refractivity contribution in [3.8, 4) is 5.75 Å². The number of carbonyl (C=O) groups excluding carboxylic acids is 1. The second-order valence-corrected chi connectivity index (χ2v) is 11.4. The molecule has 0 fully saturated rings. The molecule has 212 valence electrons. The Kier molecular flexibility index (Phi) is 16.5. The molecule has 0 spiro atoms. The van der Waals surface area contributed by atoms with E-state index in [0.29, 0.717) is 13.0 Å². The van der Waals surface area contributed by atoms with Crippen LogP contribution < -0.4 is 4.74 Å². The van der Waals surface area contributed by atoms with Crippen LogP contribution in [-0.4, -0.2) is 44.3 Å². The van der Waals surface area contributed by atoms with Gasteiger partial charge in [-0.25, -0.2) is 0 Å². The third kappa shape index (κ3) is 15.8. The summed E-state index contributed by atoms with van der Waals surface area (Å²) < 4.78 is 11.9. The molecule has 0 aromatic heterocycles. The molecule has 0 amide bonds. The average molecular weight is 525 g/mol. The number of nitrogens with zero attached hydrogens (tertiary/aromatic N) is 1. The minimum absolute atomic E-state index is 0.161. The van der Waals surface area contributed by atoms with Gasteiger partial charge < -0.3 is 14.0 Å². The van der Waals surface area contributed by atoms with Crippen LogP contribution in [0.1, 0.15) is 102 Å². The number of esters is 1. The molecule has 0 aliphatic carbocycles. The maximum atomic E-state index is 12.2. The fraction of sp³-hybridized carbons (Fsp3) is 0.618. The first-order valence-electron chi connectivity index (χ1n) is 15.2. The number of rotatable bonds is 22. The maximum absolute atomic E-state index is 12.2. The van der Waals surface area contributed by atoms with E-state index in [9.17, 15) is 4.79 Å². The van der Waals surface area contributed by atoms with Gasteiger partial charge in [-0.3, -0.25) is 4.79 Å². The largest absolute Gasteiger partial charge is 0.490 e. The van der Waals surface area contributed by atoms with Crippen LogP contribution in [0.25, 0.3) is 0 Å². The molecule has 0 aliphatic rings. The van der Waals surface area contributed by atoms with Gasteiger partial charge in [0.1, 0.15) is 25.5 Å². The standard InChI is InChI=1S/C34H54NO3/c1-4-5-6-7-8-9-10-11-12-13-14-16-19-31-22-24-33(25-23-31)37-28-29-38-34(36)26-27-35(2,3)30-32-20-17-15-18-21-32/h15,17-18,20-25H,4-14,16,19,26-30H2,1-3H3/q+1. The van der Waals surface area contributed by atoms with Gasteiger partial charge in [-0.2, -0.15) is 0 Å². The number of ether oxygens (including phenoxy) is 2. The van der Waals surface area contributed by atoms with Crippen molar-refractivity contribution in [3.63, 3.8) is 0 Å². The SMILES string of the molecule is CCCCCCCCCCCCCCc1ccc(OCCOC(=O)CC[N+](C)(C)Cc2ccccc2)cc1. The second-order valence-electron chi connectivity index (χ2n) is 11.4. The quantitative estimate of drug-likeness (QED) is 0.0879. The Morgan fingerprint density at radius 1 is 0.684 bits per heavy atom. The molecule has 2 aromatic rings. The third-order valence-corrected chi connectivity index (χ3v) is 7.23. The lowest BCUT2D eigenvalue weighted by Gasteiger charge is -2.29. The summed E-state index contributed by atoms with van der Waals surface area (Å²) >= 11 is 0. The number of hydrogen-bond acceptors (Lipinski definition) is 3. The fourth-order valence-electron chi connectivity index (χ4n) is 4.86. The highest BCUT2D eigenvalue weighted by atomic mass is 16.6. The first-order chi connectivity index (χ1) is 18.5. The van der Waals surface area contributed by atoms with E-state index in [0.717, 1.165) is 29.7 Å². The van der Waals surface area contributed by atoms with Crippen molar-refractivity contribution in [2.45, 2.75) is 103 Å². The van der Waals surface area contributed by atoms with Crippen molar-refractivity contribution >= 4 is 5.97 Å². The lowest BCUT2D eigenvalue weighted by Crippen LogP contribution is -2.40. The highest BCUT2D eigenvalue weighted by molar-refractivity contribution is 5.69. The van der Waals surface area contributed by atoms with Crippen LogP contribution in [0.5, 0.6) is 5.75 Å². The van der Waals surface area contributed by atoms with E-state index in [1.165, 1.54) is 88.2 Å². The summed E-state index contributed by atoms with van der Waals surface area (Å²) in [6, 6.07) is 18.8. The Morgan fingerprint density at radius 2 is 1.26 bits per heavy atom. The fourth-order valence-corrected chi connectivity index (χ4v) is 4.86. The molecule has 0 aliphatic heterocycles. The Balaban J connectivity index is 1.46. The lowest BCUT2D eigenvalue weighted by molar-refractivity contribution is -0.903. The van der Waals surface area contributed by atoms with Crippen molar-refractivity contribution in [2.24, 2.45) is 0 Å². The van der Waals surface area contributed by atoms with Gasteiger partial charge in [0.15, 0.2) is 0 Å². The van der Waals surface area contributed by atoms with E-state index in [1.807, 2.05) is 18.2 Å². The molecule has 4 heteroatoms. The Bertz CT molecular complexity index is 848. The summed E-state index contributed by atoms with van der Waals surface area (Å²) in [6.07, 6.45) is 18.1. The molecular formula is C34H54NO3+. The normalized spacial score (nSPS) is 11.4. The minimum Gasteiger partial charge on any atom is -0.490 e. The summed E-state index contributed by atoms with van der Waals surface area (Å²) in [5.41, 5.74) is 2.64. The first-order valence-corrected chi connectivity index (χ1v) is 15.2. The first kappa shape index (κ1) is 31.9. The summed E-state index contributed by atoms with van der Waals surface area (Å²) in [5.74, 6) is 0.672. The predicted molar refractivity (Wildman–Crippen MR) is 159 cm³/mol. The number of aryl methyl sites for hydroxylation is 1. The van der Waals surface area contributed by atoms with Gasteiger partial charge in [-0.15, -0.1) is 0 Å². The number of hydrogen-bond donors (Lipinski definition) is 0. The summed E-state index contributed by atoms with van der Waals surface area (Å²) in [5, 5.41) is 0. The van der Waals surface area contributed by atoms with Crippen molar-refractivity contribution in [1.29, 1.82) is 0 Å². The molecule has 0 N–H and O–H groups in total. The van der Waals surface area contributed by atoms with Crippen molar-refractivity contribution in [3.05, 3.63) is 65.7 Å². The zero-order chi connectivity index (χ0) is 27.3. The summed E-state index contributed by atoms with van der Waals surface area (Å²) in [4.78, 5) is 12.2. The molecule has 38 heavy (non-hydrogen) atoms. The molecule has 0 saturated heterocycles. The van der Waals surface area contributed by atoms with Gasteiger partial charge in [-0.1, -0.05) is 120 Å². The molecule has 0 saturated carbocycles. The Hall–Kier alpha value is -2.33. The van der Waals surface area contributed by atoms with Crippen LogP contribution in [0.4, 0.5) is 0 Å². The number of benzene rings is 2. The summed E-state index contributed by atoms with van der Waals surface area (Å²) in [7, 11) is 4.29. The van der Waals surface area contributed by atoms with Gasteiger partial charge in [-0.05, 0) is 30.5 Å². The predicted octanol–water partition coefficient (Wildman–Crippen LogP) is 8.52.